The Labute approximate surface area is 127 Å². The van der Waals surface area contributed by atoms with Crippen LogP contribution in [0.25, 0.3) is 0 Å². The zero-order chi connectivity index (χ0) is 14.1. The van der Waals surface area contributed by atoms with Gasteiger partial charge in [-0.1, -0.05) is 6.92 Å². The number of hydrogen-bond donors (Lipinski definition) is 1. The summed E-state index contributed by atoms with van der Waals surface area (Å²) in [5.41, 5.74) is 0.749. The number of Topliss-reactive ketones (excluding diaryl/α,β-unsaturated/α-hetero) is 1. The Balaban J connectivity index is 0.00000361. The van der Waals surface area contributed by atoms with Crippen molar-refractivity contribution in [2.45, 2.75) is 13.3 Å². The van der Waals surface area contributed by atoms with Crippen molar-refractivity contribution in [2.75, 3.05) is 40.3 Å². The molecule has 114 valence electrons. The van der Waals surface area contributed by atoms with Gasteiger partial charge in [-0.15, -0.1) is 0 Å². The molecule has 0 fully saturated rings. The van der Waals surface area contributed by atoms with Crippen molar-refractivity contribution in [1.29, 1.82) is 0 Å². The first-order chi connectivity index (χ1) is 9.13. The van der Waals surface area contributed by atoms with Gasteiger partial charge in [-0.2, -0.15) is 0 Å². The summed E-state index contributed by atoms with van der Waals surface area (Å²) < 4.78 is 5.59. The van der Waals surface area contributed by atoms with Gasteiger partial charge in [0.15, 0.2) is 5.78 Å². The number of rotatable bonds is 9. The van der Waals surface area contributed by atoms with Crippen molar-refractivity contribution in [3.63, 3.8) is 0 Å². The molecule has 1 aromatic rings. The minimum atomic E-state index is 0. The maximum absolute atomic E-state index is 11.5. The van der Waals surface area contributed by atoms with Gasteiger partial charge in [-0.25, -0.2) is 0 Å². The fraction of sp³-hybridized carbons (Fsp3) is 0.533. The van der Waals surface area contributed by atoms with Gasteiger partial charge in [0.2, 0.25) is 0 Å². The lowest BCUT2D eigenvalue weighted by Crippen LogP contribution is -3.00. The highest BCUT2D eigenvalue weighted by Gasteiger charge is 2.02. The van der Waals surface area contributed by atoms with Gasteiger partial charge in [0.25, 0.3) is 0 Å². The van der Waals surface area contributed by atoms with Gasteiger partial charge in [-0.05, 0) is 38.4 Å². The number of halogens is 1. The summed E-state index contributed by atoms with van der Waals surface area (Å²) in [7, 11) is 4.11. The maximum Gasteiger partial charge on any atom is 0.162 e. The summed E-state index contributed by atoms with van der Waals surface area (Å²) in [4.78, 5) is 13.6. The largest absolute Gasteiger partial charge is 1.00 e. The summed E-state index contributed by atoms with van der Waals surface area (Å²) in [6, 6.07) is 7.34. The van der Waals surface area contributed by atoms with Gasteiger partial charge in [0.1, 0.15) is 12.4 Å². The molecule has 0 aliphatic rings. The quantitative estimate of drug-likeness (QED) is 0.460. The average Bonchev–Trinajstić information content (AvgIpc) is 2.42. The highest BCUT2D eigenvalue weighted by molar-refractivity contribution is 5.95. The normalized spacial score (nSPS) is 10.2. The van der Waals surface area contributed by atoms with E-state index in [-0.39, 0.29) is 18.2 Å². The highest BCUT2D eigenvalue weighted by atomic mass is 35.5. The second-order valence-electron chi connectivity index (χ2n) is 4.70. The Bertz CT molecular complexity index is 380. The van der Waals surface area contributed by atoms with E-state index in [1.807, 2.05) is 31.2 Å². The lowest BCUT2D eigenvalue weighted by molar-refractivity contribution is -0.0000124. The first-order valence-corrected chi connectivity index (χ1v) is 6.75. The first-order valence-electron chi connectivity index (χ1n) is 6.75. The van der Waals surface area contributed by atoms with Crippen LogP contribution in [-0.4, -0.2) is 51.0 Å². The van der Waals surface area contributed by atoms with Crippen molar-refractivity contribution in [3.05, 3.63) is 29.8 Å². The third kappa shape index (κ3) is 7.48. The summed E-state index contributed by atoms with van der Waals surface area (Å²) in [6.45, 7) is 5.30. The number of carbonyl (C=O) groups is 1. The molecule has 0 heterocycles. The molecule has 1 rings (SSSR count). The van der Waals surface area contributed by atoms with Gasteiger partial charge >= 0.3 is 0 Å². The SMILES string of the molecule is CCC(=O)c1ccc(OCCNCCN(C)C)cc1.[Cl-]. The predicted octanol–water partition coefficient (Wildman–Crippen LogP) is -1.19. The van der Waals surface area contributed by atoms with Gasteiger partial charge < -0.3 is 27.4 Å². The number of ether oxygens (including phenoxy) is 1. The second kappa shape index (κ2) is 10.7. The van der Waals surface area contributed by atoms with E-state index in [1.54, 1.807) is 0 Å². The molecule has 1 N–H and O–H groups in total. The molecule has 0 amide bonds. The maximum atomic E-state index is 11.5. The number of hydrogen-bond acceptors (Lipinski definition) is 4. The summed E-state index contributed by atoms with van der Waals surface area (Å²) in [5.74, 6) is 0.971. The minimum absolute atomic E-state index is 0. The minimum Gasteiger partial charge on any atom is -1.00 e. The molecule has 0 radical (unpaired) electrons. The molecule has 0 aliphatic carbocycles. The number of likely N-dealkylation sites (N-methyl/N-ethyl adjacent to an activating group) is 1. The topological polar surface area (TPSA) is 41.6 Å². The van der Waals surface area contributed by atoms with Crippen LogP contribution in [0.4, 0.5) is 0 Å². The molecule has 0 saturated carbocycles. The van der Waals surface area contributed by atoms with Crippen LogP contribution in [0, 0.1) is 0 Å². The number of carbonyl (C=O) groups excluding carboxylic acids is 1. The number of ketones is 1. The van der Waals surface area contributed by atoms with Gasteiger partial charge in [-0.3, -0.25) is 4.79 Å². The van der Waals surface area contributed by atoms with Crippen molar-refractivity contribution < 1.29 is 21.9 Å². The van der Waals surface area contributed by atoms with E-state index in [0.717, 1.165) is 30.9 Å². The number of benzene rings is 1. The Morgan fingerprint density at radius 1 is 1.20 bits per heavy atom. The second-order valence-corrected chi connectivity index (χ2v) is 4.70. The third-order valence-electron chi connectivity index (χ3n) is 2.78. The monoisotopic (exact) mass is 299 g/mol. The first kappa shape index (κ1) is 18.9. The summed E-state index contributed by atoms with van der Waals surface area (Å²) in [6.07, 6.45) is 0.538. The summed E-state index contributed by atoms with van der Waals surface area (Å²) in [5, 5.41) is 3.30. The lowest BCUT2D eigenvalue weighted by Gasteiger charge is -2.11. The molecule has 0 saturated heterocycles. The molecule has 0 atom stereocenters. The zero-order valence-electron chi connectivity index (χ0n) is 12.5. The van der Waals surface area contributed by atoms with E-state index in [1.165, 1.54) is 0 Å². The lowest BCUT2D eigenvalue weighted by atomic mass is 10.1. The smallest absolute Gasteiger partial charge is 0.162 e. The van der Waals surface area contributed by atoms with Crippen molar-refractivity contribution in [1.82, 2.24) is 10.2 Å². The standard InChI is InChI=1S/C15H24N2O2.ClH/c1-4-15(18)13-5-7-14(8-6-13)19-12-10-16-9-11-17(2)3;/h5-8,16H,4,9-12H2,1-3H3;1H/p-1. The van der Waals surface area contributed by atoms with Crippen molar-refractivity contribution in [2.24, 2.45) is 0 Å². The van der Waals surface area contributed by atoms with E-state index >= 15 is 0 Å². The Morgan fingerprint density at radius 3 is 2.40 bits per heavy atom. The van der Waals surface area contributed by atoms with Crippen LogP contribution in [0.5, 0.6) is 5.75 Å². The molecular formula is C15H24ClN2O2-. The van der Waals surface area contributed by atoms with E-state index < -0.39 is 0 Å². The fourth-order valence-electron chi connectivity index (χ4n) is 1.61. The van der Waals surface area contributed by atoms with Crippen LogP contribution < -0.4 is 22.5 Å². The van der Waals surface area contributed by atoms with Crippen LogP contribution in [0.1, 0.15) is 23.7 Å². The molecule has 1 aromatic carbocycles. The molecule has 20 heavy (non-hydrogen) atoms. The van der Waals surface area contributed by atoms with Gasteiger partial charge in [0.05, 0.1) is 0 Å². The Kier molecular flexibility index (Phi) is 10.1. The van der Waals surface area contributed by atoms with Crippen LogP contribution in [0.2, 0.25) is 0 Å². The van der Waals surface area contributed by atoms with Crippen LogP contribution >= 0.6 is 0 Å². The fourth-order valence-corrected chi connectivity index (χ4v) is 1.61. The predicted molar refractivity (Wildman–Crippen MR) is 78.0 cm³/mol. The molecule has 4 nitrogen and oxygen atoms in total. The van der Waals surface area contributed by atoms with Crippen LogP contribution in [0.15, 0.2) is 24.3 Å². The zero-order valence-corrected chi connectivity index (χ0v) is 13.2. The molecular weight excluding hydrogens is 276 g/mol. The van der Waals surface area contributed by atoms with Crippen LogP contribution in [0.3, 0.4) is 0 Å². The Hall–Kier alpha value is -1.10. The molecule has 5 heteroatoms. The van der Waals surface area contributed by atoms with E-state index in [0.29, 0.717) is 13.0 Å². The van der Waals surface area contributed by atoms with Gasteiger partial charge in [0, 0.05) is 31.6 Å². The van der Waals surface area contributed by atoms with E-state index in [9.17, 15) is 4.79 Å². The molecule has 0 aliphatic heterocycles. The molecule has 0 unspecified atom stereocenters. The Morgan fingerprint density at radius 2 is 1.85 bits per heavy atom. The van der Waals surface area contributed by atoms with E-state index in [2.05, 4.69) is 24.3 Å². The summed E-state index contributed by atoms with van der Waals surface area (Å²) >= 11 is 0. The molecule has 0 bridgehead atoms. The van der Waals surface area contributed by atoms with E-state index in [4.69, 9.17) is 4.74 Å². The van der Waals surface area contributed by atoms with Crippen LogP contribution in [-0.2, 0) is 0 Å². The van der Waals surface area contributed by atoms with Crippen molar-refractivity contribution in [3.8, 4) is 5.75 Å². The average molecular weight is 300 g/mol. The third-order valence-corrected chi connectivity index (χ3v) is 2.78. The highest BCUT2D eigenvalue weighted by Crippen LogP contribution is 2.13. The van der Waals surface area contributed by atoms with Crippen molar-refractivity contribution >= 4 is 5.78 Å². The number of nitrogens with one attached hydrogen (secondary N) is 1. The molecule has 0 spiro atoms. The number of nitrogens with zero attached hydrogens (tertiary/aromatic N) is 1. The molecule has 0 aromatic heterocycles.